The molecule has 0 unspecified atom stereocenters. The van der Waals surface area contributed by atoms with E-state index in [2.05, 4.69) is 62.3 Å². The van der Waals surface area contributed by atoms with E-state index in [9.17, 15) is 4.79 Å². The van der Waals surface area contributed by atoms with E-state index in [0.29, 0.717) is 12.5 Å². The van der Waals surface area contributed by atoms with Crippen LogP contribution in [0.25, 0.3) is 17.2 Å². The standard InChI is InChI=1S/C29H19I2NO3/c30-24-15-20(16-25(31)27(24)34-18-19-7-3-1-4-8-19)17-26-29(33)35-28(32-26)23-13-11-22(12-14-23)21-9-5-2-6-10-21/h1-17H,18H2/b26-17-. The van der Waals surface area contributed by atoms with Gasteiger partial charge < -0.3 is 9.47 Å². The van der Waals surface area contributed by atoms with Crippen LogP contribution >= 0.6 is 45.2 Å². The Morgan fingerprint density at radius 3 is 2.00 bits per heavy atom. The van der Waals surface area contributed by atoms with Gasteiger partial charge >= 0.3 is 5.97 Å². The van der Waals surface area contributed by atoms with Crippen molar-refractivity contribution in [2.45, 2.75) is 6.61 Å². The van der Waals surface area contributed by atoms with E-state index in [0.717, 1.165) is 40.7 Å². The van der Waals surface area contributed by atoms with Gasteiger partial charge in [-0.05, 0) is 97.8 Å². The first-order chi connectivity index (χ1) is 17.1. The fourth-order valence-electron chi connectivity index (χ4n) is 3.66. The van der Waals surface area contributed by atoms with Gasteiger partial charge in [0.15, 0.2) is 5.70 Å². The van der Waals surface area contributed by atoms with Gasteiger partial charge in [-0.3, -0.25) is 0 Å². The Bertz CT molecular complexity index is 1410. The molecule has 0 saturated carbocycles. The Hall–Kier alpha value is -2.98. The minimum absolute atomic E-state index is 0.275. The highest BCUT2D eigenvalue weighted by molar-refractivity contribution is 14.1. The first kappa shape index (κ1) is 23.7. The number of benzene rings is 4. The summed E-state index contributed by atoms with van der Waals surface area (Å²) in [6, 6.07) is 32.0. The van der Waals surface area contributed by atoms with Crippen LogP contribution in [0.5, 0.6) is 5.75 Å². The number of hydrogen-bond donors (Lipinski definition) is 0. The number of rotatable bonds is 6. The second kappa shape index (κ2) is 10.7. The Kier molecular flexibility index (Phi) is 7.29. The molecule has 0 saturated heterocycles. The topological polar surface area (TPSA) is 47.9 Å². The van der Waals surface area contributed by atoms with Gasteiger partial charge in [-0.2, -0.15) is 0 Å². The molecule has 4 aromatic rings. The number of cyclic esters (lactones) is 1. The molecule has 0 atom stereocenters. The molecular weight excluding hydrogens is 664 g/mol. The van der Waals surface area contributed by atoms with Gasteiger partial charge in [-0.25, -0.2) is 9.79 Å². The molecule has 35 heavy (non-hydrogen) atoms. The summed E-state index contributed by atoms with van der Waals surface area (Å²) in [6.45, 7) is 0.496. The van der Waals surface area contributed by atoms with Crippen molar-refractivity contribution in [3.8, 4) is 16.9 Å². The highest BCUT2D eigenvalue weighted by Crippen LogP contribution is 2.31. The van der Waals surface area contributed by atoms with Gasteiger partial charge in [0.25, 0.3) is 0 Å². The molecule has 4 nitrogen and oxygen atoms in total. The molecule has 1 aliphatic rings. The van der Waals surface area contributed by atoms with E-state index in [-0.39, 0.29) is 5.70 Å². The van der Waals surface area contributed by atoms with Gasteiger partial charge in [0, 0.05) is 5.56 Å². The third-order valence-corrected chi connectivity index (χ3v) is 7.01. The number of aliphatic imine (C=N–C) groups is 1. The molecule has 172 valence electrons. The second-order valence-corrected chi connectivity index (χ2v) is 10.2. The molecule has 1 aliphatic heterocycles. The summed E-state index contributed by atoms with van der Waals surface area (Å²) in [5, 5.41) is 0. The highest BCUT2D eigenvalue weighted by Gasteiger charge is 2.24. The Morgan fingerprint density at radius 2 is 1.34 bits per heavy atom. The zero-order valence-electron chi connectivity index (χ0n) is 18.4. The normalized spacial score (nSPS) is 14.1. The number of nitrogens with zero attached hydrogens (tertiary/aromatic N) is 1. The molecular formula is C29H19I2NO3. The number of carbonyl (C=O) groups excluding carboxylic acids is 1. The largest absolute Gasteiger partial charge is 0.487 e. The molecule has 5 rings (SSSR count). The maximum absolute atomic E-state index is 12.5. The van der Waals surface area contributed by atoms with E-state index in [4.69, 9.17) is 9.47 Å². The van der Waals surface area contributed by atoms with Crippen LogP contribution < -0.4 is 4.74 Å². The highest BCUT2D eigenvalue weighted by atomic mass is 127. The van der Waals surface area contributed by atoms with Crippen LogP contribution in [-0.2, 0) is 16.1 Å². The molecule has 1 heterocycles. The van der Waals surface area contributed by atoms with E-state index in [1.54, 1.807) is 6.08 Å². The van der Waals surface area contributed by atoms with Gasteiger partial charge in [0.2, 0.25) is 5.90 Å². The minimum Gasteiger partial charge on any atom is -0.487 e. The molecule has 0 radical (unpaired) electrons. The summed E-state index contributed by atoms with van der Waals surface area (Å²) < 4.78 is 13.4. The van der Waals surface area contributed by atoms with Gasteiger partial charge in [-0.15, -0.1) is 0 Å². The summed E-state index contributed by atoms with van der Waals surface area (Å²) in [5.74, 6) is 0.684. The molecule has 0 aromatic heterocycles. The Morgan fingerprint density at radius 1 is 0.771 bits per heavy atom. The third-order valence-electron chi connectivity index (χ3n) is 5.41. The van der Waals surface area contributed by atoms with Crippen molar-refractivity contribution in [1.82, 2.24) is 0 Å². The van der Waals surface area contributed by atoms with Crippen LogP contribution in [0.3, 0.4) is 0 Å². The fourth-order valence-corrected chi connectivity index (χ4v) is 5.78. The van der Waals surface area contributed by atoms with Crippen LogP contribution in [0, 0.1) is 7.14 Å². The number of halogens is 2. The molecule has 0 bridgehead atoms. The van der Waals surface area contributed by atoms with Crippen molar-refractivity contribution >= 4 is 63.1 Å². The van der Waals surface area contributed by atoms with Crippen LogP contribution in [0.1, 0.15) is 16.7 Å². The second-order valence-electron chi connectivity index (χ2n) is 7.87. The minimum atomic E-state index is -0.457. The quantitative estimate of drug-likeness (QED) is 0.120. The Labute approximate surface area is 231 Å². The van der Waals surface area contributed by atoms with Crippen molar-refractivity contribution in [2.24, 2.45) is 4.99 Å². The third kappa shape index (κ3) is 5.65. The number of carbonyl (C=O) groups is 1. The van der Waals surface area contributed by atoms with Crippen molar-refractivity contribution in [3.05, 3.63) is 127 Å². The van der Waals surface area contributed by atoms with Crippen molar-refractivity contribution < 1.29 is 14.3 Å². The molecule has 0 fully saturated rings. The van der Waals surface area contributed by atoms with Crippen LogP contribution in [0.15, 0.2) is 108 Å². The first-order valence-electron chi connectivity index (χ1n) is 10.9. The molecule has 4 aromatic carbocycles. The lowest BCUT2D eigenvalue weighted by molar-refractivity contribution is -0.129. The average molecular weight is 683 g/mol. The average Bonchev–Trinajstić information content (AvgIpc) is 3.24. The maximum atomic E-state index is 12.5. The SMILES string of the molecule is O=C1OC(c2ccc(-c3ccccc3)cc2)=N/C1=C\c1cc(I)c(OCc2ccccc2)c(I)c1. The lowest BCUT2D eigenvalue weighted by Crippen LogP contribution is -2.05. The van der Waals surface area contributed by atoms with Gasteiger partial charge in [0.1, 0.15) is 12.4 Å². The van der Waals surface area contributed by atoms with Gasteiger partial charge in [0.05, 0.1) is 7.14 Å². The molecule has 0 aliphatic carbocycles. The van der Waals surface area contributed by atoms with Crippen LogP contribution in [0.4, 0.5) is 0 Å². The summed E-state index contributed by atoms with van der Waals surface area (Å²) in [6.07, 6.45) is 1.75. The van der Waals surface area contributed by atoms with E-state index in [1.165, 1.54) is 0 Å². The molecule has 0 N–H and O–H groups in total. The summed E-state index contributed by atoms with van der Waals surface area (Å²) in [5.41, 5.74) is 5.23. The Balaban J connectivity index is 1.34. The lowest BCUT2D eigenvalue weighted by atomic mass is 10.0. The summed E-state index contributed by atoms with van der Waals surface area (Å²) in [4.78, 5) is 17.0. The van der Waals surface area contributed by atoms with Crippen LogP contribution in [-0.4, -0.2) is 11.9 Å². The molecule has 6 heteroatoms. The van der Waals surface area contributed by atoms with Crippen molar-refractivity contribution in [3.63, 3.8) is 0 Å². The predicted molar refractivity (Wildman–Crippen MR) is 155 cm³/mol. The molecule has 0 spiro atoms. The maximum Gasteiger partial charge on any atom is 0.363 e. The number of esters is 1. The number of hydrogen-bond acceptors (Lipinski definition) is 4. The molecule has 0 amide bonds. The summed E-state index contributed by atoms with van der Waals surface area (Å²) >= 11 is 4.51. The smallest absolute Gasteiger partial charge is 0.363 e. The van der Waals surface area contributed by atoms with Crippen molar-refractivity contribution in [1.29, 1.82) is 0 Å². The zero-order valence-corrected chi connectivity index (χ0v) is 22.8. The van der Waals surface area contributed by atoms with Gasteiger partial charge in [-0.1, -0.05) is 72.8 Å². The zero-order chi connectivity index (χ0) is 24.2. The first-order valence-corrected chi connectivity index (χ1v) is 13.1. The van der Waals surface area contributed by atoms with E-state index >= 15 is 0 Å². The van der Waals surface area contributed by atoms with E-state index < -0.39 is 5.97 Å². The monoisotopic (exact) mass is 683 g/mol. The lowest BCUT2D eigenvalue weighted by Gasteiger charge is -2.11. The van der Waals surface area contributed by atoms with Crippen LogP contribution in [0.2, 0.25) is 0 Å². The van der Waals surface area contributed by atoms with Crippen molar-refractivity contribution in [2.75, 3.05) is 0 Å². The number of ether oxygens (including phenoxy) is 2. The summed E-state index contributed by atoms with van der Waals surface area (Å²) in [7, 11) is 0. The fraction of sp³-hybridized carbons (Fsp3) is 0.0345. The van der Waals surface area contributed by atoms with E-state index in [1.807, 2.05) is 84.9 Å². The predicted octanol–water partition coefficient (Wildman–Crippen LogP) is 7.49.